The Kier molecular flexibility index (Phi) is 5.63. The molecule has 168 valence electrons. The molecule has 32 heavy (non-hydrogen) atoms. The molecule has 1 aliphatic carbocycles. The Bertz CT molecular complexity index is 1080. The molecule has 3 aromatic heterocycles. The van der Waals surface area contributed by atoms with Gasteiger partial charge in [0.2, 0.25) is 5.91 Å². The first-order chi connectivity index (χ1) is 15.5. The Labute approximate surface area is 191 Å². The van der Waals surface area contributed by atoms with E-state index >= 15 is 0 Å². The lowest BCUT2D eigenvalue weighted by Gasteiger charge is -2.43. The lowest BCUT2D eigenvalue weighted by atomic mass is 9.93. The normalized spacial score (nSPS) is 21.9. The second kappa shape index (κ2) is 8.58. The van der Waals surface area contributed by atoms with Gasteiger partial charge < -0.3 is 14.6 Å². The quantitative estimate of drug-likeness (QED) is 0.580. The van der Waals surface area contributed by atoms with Gasteiger partial charge in [-0.25, -0.2) is 0 Å². The third kappa shape index (κ3) is 3.88. The highest BCUT2D eigenvalue weighted by molar-refractivity contribution is 7.09. The monoisotopic (exact) mass is 452 g/mol. The van der Waals surface area contributed by atoms with Crippen molar-refractivity contribution in [2.45, 2.75) is 70.1 Å². The first-order valence-corrected chi connectivity index (χ1v) is 12.2. The fourth-order valence-corrected chi connectivity index (χ4v) is 5.45. The van der Waals surface area contributed by atoms with Gasteiger partial charge in [0.1, 0.15) is 16.9 Å². The van der Waals surface area contributed by atoms with Crippen molar-refractivity contribution in [3.05, 3.63) is 52.5 Å². The van der Waals surface area contributed by atoms with E-state index in [1.54, 1.807) is 39.3 Å². The van der Waals surface area contributed by atoms with Crippen molar-refractivity contribution in [2.75, 3.05) is 0 Å². The van der Waals surface area contributed by atoms with Crippen LogP contribution in [0, 0.1) is 0 Å². The highest BCUT2D eigenvalue weighted by atomic mass is 32.1. The van der Waals surface area contributed by atoms with Crippen LogP contribution in [0.3, 0.4) is 0 Å². The Morgan fingerprint density at radius 1 is 1.25 bits per heavy atom. The second-order valence-corrected chi connectivity index (χ2v) is 9.99. The number of amides is 2. The van der Waals surface area contributed by atoms with Crippen LogP contribution in [-0.2, 0) is 17.9 Å². The van der Waals surface area contributed by atoms with Crippen molar-refractivity contribution >= 4 is 23.2 Å². The zero-order valence-electron chi connectivity index (χ0n) is 18.3. The number of hydrogen-bond donors (Lipinski definition) is 1. The predicted octanol–water partition coefficient (Wildman–Crippen LogP) is 4.46. The number of rotatable bonds is 5. The van der Waals surface area contributed by atoms with Crippen LogP contribution < -0.4 is 5.32 Å². The van der Waals surface area contributed by atoms with Crippen molar-refractivity contribution in [3.8, 4) is 11.5 Å². The molecule has 0 saturated heterocycles. The zero-order chi connectivity index (χ0) is 22.1. The number of thiophene rings is 1. The van der Waals surface area contributed by atoms with Gasteiger partial charge in [0.05, 0.1) is 19.4 Å². The van der Waals surface area contributed by atoms with Gasteiger partial charge in [0.25, 0.3) is 5.91 Å². The van der Waals surface area contributed by atoms with Crippen LogP contribution in [0.15, 0.2) is 46.4 Å². The van der Waals surface area contributed by atoms with E-state index in [9.17, 15) is 9.59 Å². The van der Waals surface area contributed by atoms with Gasteiger partial charge in [0.15, 0.2) is 5.76 Å². The molecule has 1 atom stereocenters. The maximum absolute atomic E-state index is 13.7. The molecule has 7 nitrogen and oxygen atoms in total. The van der Waals surface area contributed by atoms with Crippen LogP contribution in [-0.4, -0.2) is 38.1 Å². The molecule has 5 rings (SSSR count). The van der Waals surface area contributed by atoms with E-state index in [-0.39, 0.29) is 17.9 Å². The van der Waals surface area contributed by atoms with E-state index < -0.39 is 5.54 Å². The largest absolute Gasteiger partial charge is 0.463 e. The lowest BCUT2D eigenvalue weighted by molar-refractivity contribution is -0.134. The average Bonchev–Trinajstić information content (AvgIpc) is 3.52. The molecule has 2 aliphatic rings. The van der Waals surface area contributed by atoms with Crippen LogP contribution in [0.4, 0.5) is 0 Å². The van der Waals surface area contributed by atoms with Crippen molar-refractivity contribution < 1.29 is 14.0 Å². The standard InChI is InChI=1S/C24H28N4O3S/c1-24(23(30)25-17-8-4-2-3-5-9-17)16-28-20(14-19(26-28)21-11-6-12-31-21)22(29)27(24)15-18-10-7-13-32-18/h6-7,10-14,17H,2-5,8-9,15-16H2,1H3,(H,25,30)/t24-/m1/s1. The fourth-order valence-electron chi connectivity index (χ4n) is 4.76. The summed E-state index contributed by atoms with van der Waals surface area (Å²) in [5, 5.41) is 9.88. The van der Waals surface area contributed by atoms with E-state index in [4.69, 9.17) is 4.42 Å². The summed E-state index contributed by atoms with van der Waals surface area (Å²) in [6.07, 6.45) is 8.29. The molecule has 1 N–H and O–H groups in total. The smallest absolute Gasteiger partial charge is 0.273 e. The van der Waals surface area contributed by atoms with Crippen molar-refractivity contribution in [3.63, 3.8) is 0 Å². The van der Waals surface area contributed by atoms with E-state index in [2.05, 4.69) is 10.4 Å². The van der Waals surface area contributed by atoms with Gasteiger partial charge in [-0.3, -0.25) is 14.3 Å². The zero-order valence-corrected chi connectivity index (χ0v) is 19.1. The summed E-state index contributed by atoms with van der Waals surface area (Å²) in [6.45, 7) is 2.56. The molecule has 0 unspecified atom stereocenters. The van der Waals surface area contributed by atoms with Crippen LogP contribution in [0.5, 0.6) is 0 Å². The number of aromatic nitrogens is 2. The van der Waals surface area contributed by atoms with E-state index in [1.165, 1.54) is 12.8 Å². The van der Waals surface area contributed by atoms with Crippen LogP contribution in [0.2, 0.25) is 0 Å². The fraction of sp³-hybridized carbons (Fsp3) is 0.458. The lowest BCUT2D eigenvalue weighted by Crippen LogP contribution is -2.64. The molecule has 3 aromatic rings. The molecule has 0 bridgehead atoms. The summed E-state index contributed by atoms with van der Waals surface area (Å²) in [6, 6.07) is 9.51. The van der Waals surface area contributed by atoms with Gasteiger partial charge >= 0.3 is 0 Å². The Morgan fingerprint density at radius 3 is 2.75 bits per heavy atom. The highest BCUT2D eigenvalue weighted by Crippen LogP contribution is 2.32. The van der Waals surface area contributed by atoms with E-state index in [1.807, 2.05) is 30.5 Å². The number of nitrogens with one attached hydrogen (secondary N) is 1. The first kappa shape index (κ1) is 21.0. The summed E-state index contributed by atoms with van der Waals surface area (Å²) in [5.74, 6) is 0.317. The molecular weight excluding hydrogens is 424 g/mol. The summed E-state index contributed by atoms with van der Waals surface area (Å²) in [7, 11) is 0. The topological polar surface area (TPSA) is 80.4 Å². The van der Waals surface area contributed by atoms with Crippen molar-refractivity contribution in [2.24, 2.45) is 0 Å². The van der Waals surface area contributed by atoms with Gasteiger partial charge in [-0.05, 0) is 43.3 Å². The second-order valence-electron chi connectivity index (χ2n) is 8.96. The van der Waals surface area contributed by atoms with Crippen LogP contribution in [0.1, 0.15) is 60.8 Å². The number of carbonyl (C=O) groups is 2. The first-order valence-electron chi connectivity index (χ1n) is 11.3. The number of fused-ring (bicyclic) bond motifs is 1. The molecular formula is C24H28N4O3S. The Balaban J connectivity index is 1.48. The molecule has 2 amide bonds. The molecule has 1 fully saturated rings. The molecule has 0 radical (unpaired) electrons. The SMILES string of the molecule is C[C@]1(C(=O)NC2CCCCCC2)Cn2nc(-c3ccco3)cc2C(=O)N1Cc1cccs1. The van der Waals surface area contributed by atoms with Gasteiger partial charge in [-0.2, -0.15) is 5.10 Å². The highest BCUT2D eigenvalue weighted by Gasteiger charge is 2.48. The van der Waals surface area contributed by atoms with Gasteiger partial charge in [-0.15, -0.1) is 11.3 Å². The summed E-state index contributed by atoms with van der Waals surface area (Å²) < 4.78 is 7.14. The van der Waals surface area contributed by atoms with Crippen molar-refractivity contribution in [1.29, 1.82) is 0 Å². The molecule has 8 heteroatoms. The van der Waals surface area contributed by atoms with E-state index in [0.717, 1.165) is 30.6 Å². The van der Waals surface area contributed by atoms with Crippen LogP contribution in [0.25, 0.3) is 11.5 Å². The summed E-state index contributed by atoms with van der Waals surface area (Å²) in [5.41, 5.74) is 0.0443. The minimum Gasteiger partial charge on any atom is -0.463 e. The Hall–Kier alpha value is -2.87. The third-order valence-corrected chi connectivity index (χ3v) is 7.51. The number of carbonyl (C=O) groups excluding carboxylic acids is 2. The van der Waals surface area contributed by atoms with Gasteiger partial charge in [0, 0.05) is 17.0 Å². The predicted molar refractivity (Wildman–Crippen MR) is 122 cm³/mol. The van der Waals surface area contributed by atoms with Gasteiger partial charge in [-0.1, -0.05) is 31.7 Å². The number of hydrogen-bond acceptors (Lipinski definition) is 5. The average molecular weight is 453 g/mol. The third-order valence-electron chi connectivity index (χ3n) is 6.64. The molecule has 1 aliphatic heterocycles. The van der Waals surface area contributed by atoms with Crippen molar-refractivity contribution in [1.82, 2.24) is 20.0 Å². The Morgan fingerprint density at radius 2 is 2.06 bits per heavy atom. The minimum atomic E-state index is -1.03. The maximum Gasteiger partial charge on any atom is 0.273 e. The molecule has 4 heterocycles. The number of nitrogens with zero attached hydrogens (tertiary/aromatic N) is 3. The molecule has 1 saturated carbocycles. The molecule has 0 spiro atoms. The molecule has 0 aromatic carbocycles. The number of furan rings is 1. The van der Waals surface area contributed by atoms with Crippen LogP contribution >= 0.6 is 11.3 Å². The minimum absolute atomic E-state index is 0.102. The van der Waals surface area contributed by atoms with E-state index in [0.29, 0.717) is 30.2 Å². The summed E-state index contributed by atoms with van der Waals surface area (Å²) >= 11 is 1.59. The maximum atomic E-state index is 13.7. The summed E-state index contributed by atoms with van der Waals surface area (Å²) in [4.78, 5) is 30.1.